The second kappa shape index (κ2) is 20.1. The summed E-state index contributed by atoms with van der Waals surface area (Å²) in [6.45, 7) is 9.50. The number of ether oxygens (including phenoxy) is 2. The molecule has 0 bridgehead atoms. The van der Waals surface area contributed by atoms with Gasteiger partial charge in [0.1, 0.15) is 11.5 Å². The first kappa shape index (κ1) is 42.5. The normalized spacial score (nSPS) is 14.9. The van der Waals surface area contributed by atoms with E-state index < -0.39 is 5.97 Å². The third-order valence-electron chi connectivity index (χ3n) is 11.2. The van der Waals surface area contributed by atoms with Gasteiger partial charge in [-0.3, -0.25) is 4.79 Å². The van der Waals surface area contributed by atoms with E-state index in [1.165, 1.54) is 0 Å². The van der Waals surface area contributed by atoms with Crippen molar-refractivity contribution in [2.75, 3.05) is 49.2 Å². The average molecular weight is 871 g/mol. The number of benzene rings is 4. The lowest BCUT2D eigenvalue weighted by molar-refractivity contribution is -0.136. The van der Waals surface area contributed by atoms with Gasteiger partial charge in [0.2, 0.25) is 0 Å². The highest BCUT2D eigenvalue weighted by Crippen LogP contribution is 2.35. The first-order chi connectivity index (χ1) is 28.6. The van der Waals surface area contributed by atoms with Crippen LogP contribution >= 0.6 is 45.9 Å². The quantitative estimate of drug-likeness (QED) is 0.121. The monoisotopic (exact) mass is 869 g/mol. The molecule has 2 saturated heterocycles. The number of carboxylic acids is 1. The van der Waals surface area contributed by atoms with Crippen LogP contribution in [-0.4, -0.2) is 60.4 Å². The van der Waals surface area contributed by atoms with Crippen LogP contribution < -0.4 is 19.3 Å². The summed E-state index contributed by atoms with van der Waals surface area (Å²) in [5.41, 5.74) is 5.98. The van der Waals surface area contributed by atoms with Gasteiger partial charge in [0, 0.05) is 36.2 Å². The van der Waals surface area contributed by atoms with E-state index in [-0.39, 0.29) is 6.42 Å². The number of halogens is 2. The minimum absolute atomic E-state index is 0.0209. The van der Waals surface area contributed by atoms with Crippen molar-refractivity contribution in [1.82, 2.24) is 9.97 Å². The molecule has 4 heterocycles. The summed E-state index contributed by atoms with van der Waals surface area (Å²) in [5, 5.41) is 21.5. The van der Waals surface area contributed by atoms with Crippen LogP contribution in [0.25, 0.3) is 20.4 Å². The lowest BCUT2D eigenvalue weighted by Gasteiger charge is -2.31. The molecule has 0 saturated carbocycles. The number of anilines is 2. The van der Waals surface area contributed by atoms with Gasteiger partial charge in [-0.25, -0.2) is 9.97 Å². The molecule has 308 valence electrons. The molecule has 1 N–H and O–H groups in total. The maximum absolute atomic E-state index is 10.9. The summed E-state index contributed by atoms with van der Waals surface area (Å²) in [6.07, 6.45) is 7.08. The van der Waals surface area contributed by atoms with Crippen LogP contribution in [0.2, 0.25) is 10.0 Å². The molecule has 4 aromatic carbocycles. The number of rotatable bonds is 13. The predicted molar refractivity (Wildman–Crippen MR) is 242 cm³/mol. The number of nitriles is 1. The molecule has 9 nitrogen and oxygen atoms in total. The highest BCUT2D eigenvalue weighted by atomic mass is 35.5. The second-order valence-electron chi connectivity index (χ2n) is 15.5. The van der Waals surface area contributed by atoms with Crippen molar-refractivity contribution in [3.8, 4) is 17.6 Å². The molecule has 0 atom stereocenters. The first-order valence-electron chi connectivity index (χ1n) is 20.3. The van der Waals surface area contributed by atoms with Crippen molar-refractivity contribution in [3.05, 3.63) is 105 Å². The molecule has 0 unspecified atom stereocenters. The zero-order valence-electron chi connectivity index (χ0n) is 33.5. The van der Waals surface area contributed by atoms with E-state index in [1.807, 2.05) is 79.7 Å². The summed E-state index contributed by atoms with van der Waals surface area (Å²) in [7, 11) is 0. The molecule has 0 spiro atoms. The fourth-order valence-corrected chi connectivity index (χ4v) is 10.2. The van der Waals surface area contributed by atoms with E-state index in [0.29, 0.717) is 24.9 Å². The topological polar surface area (TPSA) is 112 Å². The number of aryl methyl sites for hydroxylation is 2. The van der Waals surface area contributed by atoms with Crippen molar-refractivity contribution in [1.29, 1.82) is 5.26 Å². The van der Waals surface area contributed by atoms with Gasteiger partial charge < -0.3 is 24.4 Å². The Balaban J connectivity index is 0.000000179. The van der Waals surface area contributed by atoms with E-state index in [4.69, 9.17) is 53.0 Å². The number of hydrogen-bond acceptors (Lipinski definition) is 10. The molecular weight excluding hydrogens is 822 g/mol. The van der Waals surface area contributed by atoms with Crippen LogP contribution in [0.5, 0.6) is 11.5 Å². The fraction of sp³-hybridized carbons (Fsp3) is 0.391. The number of piperidine rings is 2. The van der Waals surface area contributed by atoms with Gasteiger partial charge in [0.05, 0.1) is 52.6 Å². The SMILES string of the molecule is Cc1ccc(CC#N)cc1OCCC1CCN(c2nc3ccc(Cl)cc3s2)CC1.Cc1ccc(CC(=O)O)cc1OCCC1CCN(c2nc3ccc(Cl)cc3s2)CC1. The van der Waals surface area contributed by atoms with Gasteiger partial charge in [-0.05, 0) is 135 Å². The molecule has 8 rings (SSSR count). The van der Waals surface area contributed by atoms with Crippen molar-refractivity contribution in [2.24, 2.45) is 11.8 Å². The molecule has 2 fully saturated rings. The lowest BCUT2D eigenvalue weighted by Crippen LogP contribution is -2.34. The molecule has 2 aromatic heterocycles. The fourth-order valence-electron chi connectivity index (χ4n) is 7.63. The van der Waals surface area contributed by atoms with Crippen LogP contribution in [0.1, 0.15) is 60.8 Å². The second-order valence-corrected chi connectivity index (χ2v) is 18.3. The van der Waals surface area contributed by atoms with Gasteiger partial charge in [-0.1, -0.05) is 70.1 Å². The molecule has 59 heavy (non-hydrogen) atoms. The third kappa shape index (κ3) is 11.6. The summed E-state index contributed by atoms with van der Waals surface area (Å²) in [6, 6.07) is 25.6. The molecule has 0 aliphatic carbocycles. The minimum atomic E-state index is -0.826. The highest BCUT2D eigenvalue weighted by molar-refractivity contribution is 7.22. The zero-order valence-corrected chi connectivity index (χ0v) is 36.6. The third-order valence-corrected chi connectivity index (χ3v) is 13.8. The molecule has 0 amide bonds. The summed E-state index contributed by atoms with van der Waals surface area (Å²) in [5.74, 6) is 2.18. The number of aromatic nitrogens is 2. The van der Waals surface area contributed by atoms with E-state index in [2.05, 4.69) is 22.8 Å². The average Bonchev–Trinajstić information content (AvgIpc) is 3.85. The van der Waals surface area contributed by atoms with Crippen LogP contribution in [0.15, 0.2) is 72.8 Å². The Hall–Kier alpha value is -4.60. The Morgan fingerprint density at radius 3 is 1.64 bits per heavy atom. The Labute approximate surface area is 364 Å². The minimum Gasteiger partial charge on any atom is -0.493 e. The zero-order chi connectivity index (χ0) is 41.3. The smallest absolute Gasteiger partial charge is 0.307 e. The van der Waals surface area contributed by atoms with Crippen molar-refractivity contribution >= 4 is 82.5 Å². The number of aliphatic carboxylic acids is 1. The van der Waals surface area contributed by atoms with Gasteiger partial charge >= 0.3 is 5.97 Å². The van der Waals surface area contributed by atoms with Gasteiger partial charge in [-0.15, -0.1) is 0 Å². The summed E-state index contributed by atoms with van der Waals surface area (Å²) < 4.78 is 14.3. The van der Waals surface area contributed by atoms with E-state index >= 15 is 0 Å². The van der Waals surface area contributed by atoms with Gasteiger partial charge in [0.25, 0.3) is 0 Å². The molecular formula is C46H49Cl2N5O4S2. The molecule has 13 heteroatoms. The van der Waals surface area contributed by atoms with Crippen molar-refractivity contribution in [3.63, 3.8) is 0 Å². The summed E-state index contributed by atoms with van der Waals surface area (Å²) >= 11 is 15.6. The number of thiazole rings is 2. The number of hydrogen-bond donors (Lipinski definition) is 1. The maximum Gasteiger partial charge on any atom is 0.307 e. The lowest BCUT2D eigenvalue weighted by atomic mass is 9.94. The van der Waals surface area contributed by atoms with Crippen LogP contribution in [0.3, 0.4) is 0 Å². The van der Waals surface area contributed by atoms with Crippen molar-refractivity contribution < 1.29 is 19.4 Å². The number of nitrogens with zero attached hydrogens (tertiary/aromatic N) is 5. The van der Waals surface area contributed by atoms with E-state index in [9.17, 15) is 4.79 Å². The highest BCUT2D eigenvalue weighted by Gasteiger charge is 2.23. The standard InChI is InChI=1S/C23H24ClN3OS.C23H25ClN2O3S/c1-16-2-3-18(6-10-25)14-21(16)28-13-9-17-7-11-27(12-8-17)23-26-20-5-4-19(24)15-22(20)29-23;1-15-2-3-17(13-22(27)28)12-20(15)29-11-8-16-6-9-26(10-7-16)23-25-19-5-4-18(24)14-21(19)30-23/h2-5,14-15,17H,6-9,11-13H2,1H3;2-5,12,14,16H,6-11,13H2,1H3,(H,27,28). The van der Waals surface area contributed by atoms with Crippen LogP contribution in [0.4, 0.5) is 10.3 Å². The Morgan fingerprint density at radius 1 is 0.729 bits per heavy atom. The number of fused-ring (bicyclic) bond motifs is 2. The van der Waals surface area contributed by atoms with E-state index in [1.54, 1.807) is 22.7 Å². The summed E-state index contributed by atoms with van der Waals surface area (Å²) in [4.78, 5) is 25.2. The molecule has 0 radical (unpaired) electrons. The number of carbonyl (C=O) groups is 1. The Bertz CT molecular complexity index is 2410. The largest absolute Gasteiger partial charge is 0.493 e. The van der Waals surface area contributed by atoms with Crippen molar-refractivity contribution in [2.45, 2.75) is 65.2 Å². The molecule has 2 aliphatic heterocycles. The van der Waals surface area contributed by atoms with Crippen LogP contribution in [-0.2, 0) is 17.6 Å². The molecule has 6 aromatic rings. The first-order valence-corrected chi connectivity index (χ1v) is 22.6. The Kier molecular flexibility index (Phi) is 14.5. The maximum atomic E-state index is 10.9. The predicted octanol–water partition coefficient (Wildman–Crippen LogP) is 11.6. The molecule has 2 aliphatic rings. The van der Waals surface area contributed by atoms with Crippen LogP contribution in [0, 0.1) is 37.0 Å². The Morgan fingerprint density at radius 2 is 1.19 bits per heavy atom. The van der Waals surface area contributed by atoms with Gasteiger partial charge in [0.15, 0.2) is 10.3 Å². The van der Waals surface area contributed by atoms with Gasteiger partial charge in [-0.2, -0.15) is 5.26 Å². The van der Waals surface area contributed by atoms with E-state index in [0.717, 1.165) is 146 Å². The number of carboxylic acid groups (broad SMARTS) is 1.